The number of fused-ring (bicyclic) bond motifs is 5. The van der Waals surface area contributed by atoms with Gasteiger partial charge in [0.05, 0.1) is 5.58 Å². The van der Waals surface area contributed by atoms with E-state index in [0.29, 0.717) is 0 Å². The minimum atomic E-state index is 0. The van der Waals surface area contributed by atoms with Gasteiger partial charge in [-0.1, -0.05) is 68.0 Å². The van der Waals surface area contributed by atoms with Gasteiger partial charge in [0.1, 0.15) is 5.58 Å². The second-order valence-electron chi connectivity index (χ2n) is 13.5. The number of aryl methyl sites for hydroxylation is 6. The van der Waals surface area contributed by atoms with E-state index in [1.54, 1.807) is 0 Å². The fourth-order valence-corrected chi connectivity index (χ4v) is 6.80. The molecule has 0 N–H and O–H groups in total. The van der Waals surface area contributed by atoms with Crippen molar-refractivity contribution in [2.45, 2.75) is 68.7 Å². The maximum atomic E-state index is 6.55. The molecule has 4 aromatic heterocycles. The Balaban J connectivity index is 0.000000220. The van der Waals surface area contributed by atoms with Crippen LogP contribution in [0.1, 0.15) is 59.0 Å². The van der Waals surface area contributed by atoms with Gasteiger partial charge in [0.25, 0.3) is 0 Å². The quantitative estimate of drug-likeness (QED) is 0.167. The summed E-state index contributed by atoms with van der Waals surface area (Å²) in [5, 5.41) is 3.53. The summed E-state index contributed by atoms with van der Waals surface area (Å²) >= 11 is 1.83. The summed E-state index contributed by atoms with van der Waals surface area (Å²) in [6.45, 7) is 19.6. The van der Waals surface area contributed by atoms with E-state index in [0.717, 1.165) is 50.9 Å². The molecule has 237 valence electrons. The molecular weight excluding hydrogens is 761 g/mol. The van der Waals surface area contributed by atoms with Crippen molar-refractivity contribution in [2.24, 2.45) is 5.41 Å². The van der Waals surface area contributed by atoms with Gasteiger partial charge in [0.2, 0.25) is 0 Å². The first-order valence-corrected chi connectivity index (χ1v) is 16.3. The molecule has 0 amide bonds. The molecule has 5 heteroatoms. The third-order valence-electron chi connectivity index (χ3n) is 8.54. The fraction of sp³-hybridized carbons (Fsp3) is 0.268. The van der Waals surface area contributed by atoms with Crippen molar-refractivity contribution in [1.29, 1.82) is 0 Å². The summed E-state index contributed by atoms with van der Waals surface area (Å²) in [5.41, 5.74) is 13.6. The first-order chi connectivity index (χ1) is 21.4. The molecule has 0 spiro atoms. The number of rotatable bonds is 3. The predicted molar refractivity (Wildman–Crippen MR) is 191 cm³/mol. The SMILES string of the molecule is Cc1c[c-]c(-c2cc(C)c(C)cn2)cc1.Cc1cnc(-c2[c-]ccc3c2oc2c3ccc3sc(C)c(C)c32)cc1CC(C)(C)C.[Ir]. The largest absolute Gasteiger partial charge is 0.500 e. The standard InChI is InChI=1S/C27H26NOS.C14H14N.Ir/c1-15-14-28-22(12-18(15)13-27(4,5)6)21-9-7-8-19-20-10-11-23-24(16(2)17(3)30-23)26(20)29-25(19)21;1-10-4-6-13(7-5-10)14-8-11(2)12(3)9-15-14;/h7-8,10-12,14H,13H2,1-6H3;4-6,8-9H,1-3H3;/q2*-1;. The van der Waals surface area contributed by atoms with Crippen LogP contribution in [0.2, 0.25) is 0 Å². The molecule has 3 nitrogen and oxygen atoms in total. The van der Waals surface area contributed by atoms with E-state index in [1.165, 1.54) is 48.3 Å². The van der Waals surface area contributed by atoms with E-state index in [1.807, 2.05) is 35.9 Å². The molecule has 46 heavy (non-hydrogen) atoms. The molecule has 0 bridgehead atoms. The Morgan fingerprint density at radius 1 is 0.761 bits per heavy atom. The van der Waals surface area contributed by atoms with Crippen LogP contribution in [0.4, 0.5) is 0 Å². The van der Waals surface area contributed by atoms with Crippen LogP contribution in [0, 0.1) is 59.1 Å². The Hall–Kier alpha value is -3.63. The maximum Gasteiger partial charge on any atom is 0.129 e. The van der Waals surface area contributed by atoms with E-state index in [2.05, 4.69) is 122 Å². The summed E-state index contributed by atoms with van der Waals surface area (Å²) in [4.78, 5) is 10.5. The van der Waals surface area contributed by atoms with Gasteiger partial charge >= 0.3 is 0 Å². The number of hydrogen-bond donors (Lipinski definition) is 0. The molecule has 7 aromatic rings. The van der Waals surface area contributed by atoms with E-state index < -0.39 is 0 Å². The molecule has 0 aliphatic carbocycles. The predicted octanol–water partition coefficient (Wildman–Crippen LogP) is 11.6. The molecule has 0 aliphatic heterocycles. The molecular formula is C41H40IrN2OS-2. The van der Waals surface area contributed by atoms with Crippen molar-refractivity contribution in [2.75, 3.05) is 0 Å². The van der Waals surface area contributed by atoms with Gasteiger partial charge in [0.15, 0.2) is 0 Å². The van der Waals surface area contributed by atoms with Crippen LogP contribution in [-0.2, 0) is 26.5 Å². The van der Waals surface area contributed by atoms with Crippen LogP contribution in [0.25, 0.3) is 54.5 Å². The summed E-state index contributed by atoms with van der Waals surface area (Å²) in [6.07, 6.45) is 4.91. The molecule has 0 unspecified atom stereocenters. The summed E-state index contributed by atoms with van der Waals surface area (Å²) in [5.74, 6) is 0. The molecule has 3 aromatic carbocycles. The van der Waals surface area contributed by atoms with Crippen LogP contribution < -0.4 is 0 Å². The third-order valence-corrected chi connectivity index (χ3v) is 9.71. The first kappa shape index (κ1) is 33.7. The topological polar surface area (TPSA) is 38.9 Å². The Labute approximate surface area is 290 Å². The minimum absolute atomic E-state index is 0. The maximum absolute atomic E-state index is 6.55. The Kier molecular flexibility index (Phi) is 9.70. The van der Waals surface area contributed by atoms with Crippen molar-refractivity contribution in [3.63, 3.8) is 0 Å². The van der Waals surface area contributed by atoms with Crippen molar-refractivity contribution in [3.8, 4) is 22.5 Å². The Bertz CT molecular complexity index is 2180. The molecule has 0 saturated heterocycles. The van der Waals surface area contributed by atoms with Crippen molar-refractivity contribution < 1.29 is 24.5 Å². The zero-order chi connectivity index (χ0) is 32.0. The fourth-order valence-electron chi connectivity index (χ4n) is 5.73. The summed E-state index contributed by atoms with van der Waals surface area (Å²) in [6, 6.07) is 25.6. The average Bonchev–Trinajstić information content (AvgIpc) is 3.52. The van der Waals surface area contributed by atoms with Crippen LogP contribution >= 0.6 is 11.3 Å². The van der Waals surface area contributed by atoms with E-state index >= 15 is 0 Å². The van der Waals surface area contributed by atoms with Gasteiger partial charge in [-0.3, -0.25) is 0 Å². The van der Waals surface area contributed by atoms with E-state index in [4.69, 9.17) is 9.40 Å². The number of aromatic nitrogens is 2. The van der Waals surface area contributed by atoms with Crippen LogP contribution in [0.3, 0.4) is 0 Å². The van der Waals surface area contributed by atoms with E-state index in [-0.39, 0.29) is 25.5 Å². The van der Waals surface area contributed by atoms with Crippen LogP contribution in [-0.4, -0.2) is 9.97 Å². The normalized spacial score (nSPS) is 11.5. The van der Waals surface area contributed by atoms with Gasteiger partial charge in [-0.2, -0.15) is 0 Å². The molecule has 4 heterocycles. The van der Waals surface area contributed by atoms with Crippen LogP contribution in [0.15, 0.2) is 71.4 Å². The third kappa shape index (κ3) is 6.74. The molecule has 0 atom stereocenters. The van der Waals surface area contributed by atoms with Crippen molar-refractivity contribution in [1.82, 2.24) is 9.97 Å². The van der Waals surface area contributed by atoms with Gasteiger partial charge < -0.3 is 14.4 Å². The molecule has 7 rings (SSSR count). The first-order valence-electron chi connectivity index (χ1n) is 15.5. The number of pyridine rings is 2. The number of nitrogens with zero attached hydrogens (tertiary/aromatic N) is 2. The van der Waals surface area contributed by atoms with Gasteiger partial charge in [-0.15, -0.1) is 64.9 Å². The molecule has 0 fully saturated rings. The van der Waals surface area contributed by atoms with Crippen molar-refractivity contribution >= 4 is 43.4 Å². The minimum Gasteiger partial charge on any atom is -0.500 e. The molecule has 1 radical (unpaired) electrons. The number of hydrogen-bond acceptors (Lipinski definition) is 4. The average molecular weight is 801 g/mol. The van der Waals surface area contributed by atoms with Crippen LogP contribution in [0.5, 0.6) is 0 Å². The second kappa shape index (κ2) is 13.2. The Morgan fingerprint density at radius 2 is 1.48 bits per heavy atom. The number of furan rings is 1. The monoisotopic (exact) mass is 801 g/mol. The van der Waals surface area contributed by atoms with Crippen molar-refractivity contribution in [3.05, 3.63) is 117 Å². The zero-order valence-corrected chi connectivity index (χ0v) is 31.3. The van der Waals surface area contributed by atoms with Gasteiger partial charge in [-0.25, -0.2) is 0 Å². The smallest absolute Gasteiger partial charge is 0.129 e. The second-order valence-corrected chi connectivity index (χ2v) is 14.7. The Morgan fingerprint density at radius 3 is 2.17 bits per heavy atom. The number of benzene rings is 3. The summed E-state index contributed by atoms with van der Waals surface area (Å²) in [7, 11) is 0. The van der Waals surface area contributed by atoms with E-state index in [9.17, 15) is 0 Å². The van der Waals surface area contributed by atoms with Gasteiger partial charge in [-0.05, 0) is 80.6 Å². The summed E-state index contributed by atoms with van der Waals surface area (Å²) < 4.78 is 7.83. The molecule has 0 saturated carbocycles. The van der Waals surface area contributed by atoms with Gasteiger partial charge in [0, 0.05) is 52.8 Å². The molecule has 0 aliphatic rings. The zero-order valence-electron chi connectivity index (χ0n) is 28.1. The number of thiophene rings is 1.